The van der Waals surface area contributed by atoms with Crippen LogP contribution in [0.3, 0.4) is 0 Å². The summed E-state index contributed by atoms with van der Waals surface area (Å²) in [5.41, 5.74) is 0.762. The number of nitrogens with one attached hydrogen (secondary N) is 1. The first-order valence-electron chi connectivity index (χ1n) is 4.74. The first-order chi connectivity index (χ1) is 6.94. The molecule has 0 atom stereocenters. The van der Waals surface area contributed by atoms with Gasteiger partial charge in [0.2, 0.25) is 0 Å². The average Bonchev–Trinajstić information content (AvgIpc) is 2.20. The molecular weight excluding hydrogens is 360 g/mol. The minimum absolute atomic E-state index is 0. The predicted molar refractivity (Wildman–Crippen MR) is 79.9 cm³/mol. The Morgan fingerprint density at radius 2 is 1.88 bits per heavy atom. The van der Waals surface area contributed by atoms with Gasteiger partial charge >= 0.3 is 0 Å². The van der Waals surface area contributed by atoms with E-state index in [0.717, 1.165) is 5.56 Å². The molecule has 0 bridgehead atoms. The minimum Gasteiger partial charge on any atom is -0.394 e. The van der Waals surface area contributed by atoms with E-state index >= 15 is 0 Å². The number of hydrogen-bond acceptors (Lipinski definition) is 2. The van der Waals surface area contributed by atoms with Crippen molar-refractivity contribution in [3.05, 3.63) is 33.8 Å². The molecule has 1 aromatic carbocycles. The van der Waals surface area contributed by atoms with E-state index in [-0.39, 0.29) is 36.1 Å². The largest absolute Gasteiger partial charge is 0.394 e. The van der Waals surface area contributed by atoms with Crippen molar-refractivity contribution in [1.82, 2.24) is 5.32 Å². The summed E-state index contributed by atoms with van der Waals surface area (Å²) in [5.74, 6) is 0. The van der Waals surface area contributed by atoms with Crippen LogP contribution < -0.4 is 5.32 Å². The SMILES string of the molecule is CC(C)(CO)NCc1ccc(Cl)c(Cl)c1.I. The van der Waals surface area contributed by atoms with Crippen molar-refractivity contribution in [3.8, 4) is 0 Å². The Morgan fingerprint density at radius 3 is 2.38 bits per heavy atom. The summed E-state index contributed by atoms with van der Waals surface area (Å²) in [6, 6.07) is 5.51. The van der Waals surface area contributed by atoms with E-state index in [1.807, 2.05) is 26.0 Å². The van der Waals surface area contributed by atoms with Gasteiger partial charge < -0.3 is 10.4 Å². The lowest BCUT2D eigenvalue weighted by molar-refractivity contribution is 0.187. The second kappa shape index (κ2) is 7.01. The second-order valence-electron chi connectivity index (χ2n) is 4.14. The number of aliphatic hydroxyl groups is 1. The number of aliphatic hydroxyl groups excluding tert-OH is 1. The van der Waals surface area contributed by atoms with Gasteiger partial charge in [-0.3, -0.25) is 0 Å². The van der Waals surface area contributed by atoms with Gasteiger partial charge in [-0.2, -0.15) is 0 Å². The van der Waals surface area contributed by atoms with Crippen molar-refractivity contribution in [2.75, 3.05) is 6.61 Å². The zero-order valence-corrected chi connectivity index (χ0v) is 13.1. The second-order valence-corrected chi connectivity index (χ2v) is 4.96. The van der Waals surface area contributed by atoms with E-state index in [9.17, 15) is 0 Å². The minimum atomic E-state index is -0.286. The molecule has 0 radical (unpaired) electrons. The molecule has 0 aliphatic rings. The Kier molecular flexibility index (Phi) is 7.21. The topological polar surface area (TPSA) is 32.3 Å². The molecule has 0 spiro atoms. The lowest BCUT2D eigenvalue weighted by atomic mass is 10.1. The van der Waals surface area contributed by atoms with E-state index in [1.165, 1.54) is 0 Å². The van der Waals surface area contributed by atoms with Gasteiger partial charge in [-0.05, 0) is 31.5 Å². The van der Waals surface area contributed by atoms with E-state index in [1.54, 1.807) is 6.07 Å². The van der Waals surface area contributed by atoms with Crippen LogP contribution in [0.25, 0.3) is 0 Å². The highest BCUT2D eigenvalue weighted by Crippen LogP contribution is 2.22. The highest BCUT2D eigenvalue weighted by molar-refractivity contribution is 14.0. The van der Waals surface area contributed by atoms with Crippen LogP contribution in [-0.4, -0.2) is 17.3 Å². The third-order valence-electron chi connectivity index (χ3n) is 2.15. The standard InChI is InChI=1S/C11H15Cl2NO.HI/c1-11(2,7-15)14-6-8-3-4-9(12)10(13)5-8;/h3-5,14-15H,6-7H2,1-2H3;1H. The van der Waals surface area contributed by atoms with Gasteiger partial charge in [0.15, 0.2) is 0 Å². The molecule has 0 unspecified atom stereocenters. The Balaban J connectivity index is 0.00000225. The third-order valence-corrected chi connectivity index (χ3v) is 2.89. The summed E-state index contributed by atoms with van der Waals surface area (Å²) < 4.78 is 0. The molecule has 0 fully saturated rings. The Hall–Kier alpha value is 0.450. The molecule has 2 N–H and O–H groups in total. The maximum atomic E-state index is 9.06. The van der Waals surface area contributed by atoms with Crippen molar-refractivity contribution in [2.45, 2.75) is 25.9 Å². The van der Waals surface area contributed by atoms with E-state index in [2.05, 4.69) is 5.32 Å². The normalized spacial score (nSPS) is 11.1. The van der Waals surface area contributed by atoms with Crippen molar-refractivity contribution < 1.29 is 5.11 Å². The fourth-order valence-corrected chi connectivity index (χ4v) is 1.37. The molecule has 5 heteroatoms. The summed E-state index contributed by atoms with van der Waals surface area (Å²) in [6.07, 6.45) is 0. The van der Waals surface area contributed by atoms with Gasteiger partial charge in [0.25, 0.3) is 0 Å². The summed E-state index contributed by atoms with van der Waals surface area (Å²) >= 11 is 11.7. The first-order valence-corrected chi connectivity index (χ1v) is 5.50. The van der Waals surface area contributed by atoms with Gasteiger partial charge in [-0.15, -0.1) is 24.0 Å². The first kappa shape index (κ1) is 16.4. The quantitative estimate of drug-likeness (QED) is 0.789. The number of halogens is 3. The molecule has 1 rings (SSSR count). The summed E-state index contributed by atoms with van der Waals surface area (Å²) in [5, 5.41) is 13.4. The summed E-state index contributed by atoms with van der Waals surface area (Å²) in [6.45, 7) is 4.62. The summed E-state index contributed by atoms with van der Waals surface area (Å²) in [7, 11) is 0. The van der Waals surface area contributed by atoms with Crippen LogP contribution in [-0.2, 0) is 6.54 Å². The van der Waals surface area contributed by atoms with Crippen LogP contribution in [0, 0.1) is 0 Å². The molecule has 92 valence electrons. The molecule has 0 heterocycles. The monoisotopic (exact) mass is 375 g/mol. The van der Waals surface area contributed by atoms with Crippen molar-refractivity contribution >= 4 is 47.2 Å². The van der Waals surface area contributed by atoms with Crippen LogP contribution in [0.1, 0.15) is 19.4 Å². The van der Waals surface area contributed by atoms with E-state index < -0.39 is 0 Å². The van der Waals surface area contributed by atoms with Gasteiger partial charge in [0.1, 0.15) is 0 Å². The van der Waals surface area contributed by atoms with E-state index in [0.29, 0.717) is 16.6 Å². The van der Waals surface area contributed by atoms with Crippen LogP contribution >= 0.6 is 47.2 Å². The van der Waals surface area contributed by atoms with Gasteiger partial charge in [0.05, 0.1) is 16.7 Å². The van der Waals surface area contributed by atoms with Crippen LogP contribution in [0.2, 0.25) is 10.0 Å². The smallest absolute Gasteiger partial charge is 0.0607 e. The number of hydrogen-bond donors (Lipinski definition) is 2. The number of rotatable bonds is 4. The van der Waals surface area contributed by atoms with Crippen molar-refractivity contribution in [2.24, 2.45) is 0 Å². The van der Waals surface area contributed by atoms with Crippen LogP contribution in [0.5, 0.6) is 0 Å². The summed E-state index contributed by atoms with van der Waals surface area (Å²) in [4.78, 5) is 0. The zero-order valence-electron chi connectivity index (χ0n) is 9.26. The maximum Gasteiger partial charge on any atom is 0.0607 e. The molecule has 1 aromatic rings. The van der Waals surface area contributed by atoms with Gasteiger partial charge in [-0.1, -0.05) is 29.3 Å². The molecule has 0 aliphatic heterocycles. The van der Waals surface area contributed by atoms with Gasteiger partial charge in [-0.25, -0.2) is 0 Å². The van der Waals surface area contributed by atoms with Gasteiger partial charge in [0, 0.05) is 12.1 Å². The number of benzene rings is 1. The molecule has 0 amide bonds. The molecule has 0 saturated carbocycles. The molecule has 16 heavy (non-hydrogen) atoms. The average molecular weight is 376 g/mol. The molecule has 2 nitrogen and oxygen atoms in total. The molecular formula is C11H16Cl2INO. The highest BCUT2D eigenvalue weighted by atomic mass is 127. The molecule has 0 aliphatic carbocycles. The Bertz CT molecular complexity index is 345. The molecule has 0 saturated heterocycles. The maximum absolute atomic E-state index is 9.06. The lowest BCUT2D eigenvalue weighted by Gasteiger charge is -2.23. The zero-order chi connectivity index (χ0) is 11.5. The molecule has 0 aromatic heterocycles. The van der Waals surface area contributed by atoms with Crippen molar-refractivity contribution in [3.63, 3.8) is 0 Å². The predicted octanol–water partition coefficient (Wildman–Crippen LogP) is 3.47. The van der Waals surface area contributed by atoms with Crippen LogP contribution in [0.15, 0.2) is 18.2 Å². The van der Waals surface area contributed by atoms with Crippen LogP contribution in [0.4, 0.5) is 0 Å². The van der Waals surface area contributed by atoms with Crippen molar-refractivity contribution in [1.29, 1.82) is 0 Å². The highest BCUT2D eigenvalue weighted by Gasteiger charge is 2.14. The Morgan fingerprint density at radius 1 is 1.25 bits per heavy atom. The van der Waals surface area contributed by atoms with E-state index in [4.69, 9.17) is 28.3 Å². The Labute approximate surface area is 123 Å². The third kappa shape index (κ3) is 5.19. The fraction of sp³-hybridized carbons (Fsp3) is 0.455. The lowest BCUT2D eigenvalue weighted by Crippen LogP contribution is -2.42. The fourth-order valence-electron chi connectivity index (χ4n) is 1.05.